The fourth-order valence-electron chi connectivity index (χ4n) is 2.69. The average molecular weight is 407 g/mol. The van der Waals surface area contributed by atoms with Gasteiger partial charge in [-0.3, -0.25) is 9.10 Å². The lowest BCUT2D eigenvalue weighted by atomic mass is 10.2. The Labute approximate surface area is 166 Å². The quantitative estimate of drug-likeness (QED) is 0.727. The van der Waals surface area contributed by atoms with Gasteiger partial charge in [0.1, 0.15) is 17.5 Å². The second-order valence-electron chi connectivity index (χ2n) is 6.62. The highest BCUT2D eigenvalue weighted by Gasteiger charge is 2.29. The van der Waals surface area contributed by atoms with E-state index in [2.05, 4.69) is 5.32 Å². The van der Waals surface area contributed by atoms with Gasteiger partial charge in [-0.1, -0.05) is 6.07 Å². The molecule has 8 heteroatoms. The standard InChI is InChI=1S/C20H26N2O5S/c1-14(2)27-18-11-9-16(10-12-18)21-20(23)15(3)22(28(5,24)25)17-7-6-8-19(13-17)26-4/h6-15H,1-5H3,(H,21,23)/t15-/m1/s1. The molecule has 0 heterocycles. The van der Waals surface area contributed by atoms with E-state index < -0.39 is 22.0 Å². The first-order valence-electron chi connectivity index (χ1n) is 8.83. The lowest BCUT2D eigenvalue weighted by Gasteiger charge is -2.28. The Morgan fingerprint density at radius 1 is 1.04 bits per heavy atom. The van der Waals surface area contributed by atoms with Crippen LogP contribution in [0.5, 0.6) is 11.5 Å². The molecule has 0 saturated carbocycles. The van der Waals surface area contributed by atoms with Gasteiger partial charge >= 0.3 is 0 Å². The van der Waals surface area contributed by atoms with Crippen molar-refractivity contribution < 1.29 is 22.7 Å². The number of nitrogens with one attached hydrogen (secondary N) is 1. The number of anilines is 2. The Kier molecular flexibility index (Phi) is 6.90. The molecule has 0 spiro atoms. The molecule has 2 aromatic rings. The third-order valence-electron chi connectivity index (χ3n) is 3.89. The number of carbonyl (C=O) groups is 1. The molecule has 0 radical (unpaired) electrons. The van der Waals surface area contributed by atoms with E-state index in [1.165, 1.54) is 14.0 Å². The summed E-state index contributed by atoms with van der Waals surface area (Å²) in [5, 5.41) is 2.74. The van der Waals surface area contributed by atoms with Crippen LogP contribution in [0.1, 0.15) is 20.8 Å². The third kappa shape index (κ3) is 5.63. The zero-order valence-electron chi connectivity index (χ0n) is 16.7. The molecule has 0 unspecified atom stereocenters. The first kappa shape index (κ1) is 21.6. The minimum absolute atomic E-state index is 0.0478. The average Bonchev–Trinajstić information content (AvgIpc) is 2.62. The van der Waals surface area contributed by atoms with Crippen LogP contribution in [0.15, 0.2) is 48.5 Å². The van der Waals surface area contributed by atoms with Crippen molar-refractivity contribution in [3.05, 3.63) is 48.5 Å². The fraction of sp³-hybridized carbons (Fsp3) is 0.350. The van der Waals surface area contributed by atoms with Crippen molar-refractivity contribution in [2.24, 2.45) is 0 Å². The molecule has 1 N–H and O–H groups in total. The number of nitrogens with zero attached hydrogens (tertiary/aromatic N) is 1. The van der Waals surface area contributed by atoms with E-state index in [-0.39, 0.29) is 6.10 Å². The Balaban J connectivity index is 2.22. The number of methoxy groups -OCH3 is 1. The monoisotopic (exact) mass is 406 g/mol. The van der Waals surface area contributed by atoms with Gasteiger partial charge in [-0.15, -0.1) is 0 Å². The van der Waals surface area contributed by atoms with E-state index in [4.69, 9.17) is 9.47 Å². The molecule has 1 atom stereocenters. The van der Waals surface area contributed by atoms with Gasteiger partial charge in [-0.25, -0.2) is 8.42 Å². The SMILES string of the molecule is COc1cccc(N([C@H](C)C(=O)Nc2ccc(OC(C)C)cc2)S(C)(=O)=O)c1. The van der Waals surface area contributed by atoms with Gasteiger partial charge in [0.15, 0.2) is 0 Å². The van der Waals surface area contributed by atoms with Crippen molar-refractivity contribution in [3.63, 3.8) is 0 Å². The molecule has 0 aliphatic heterocycles. The Hall–Kier alpha value is -2.74. The summed E-state index contributed by atoms with van der Waals surface area (Å²) >= 11 is 0. The van der Waals surface area contributed by atoms with Crippen molar-refractivity contribution in [1.82, 2.24) is 0 Å². The summed E-state index contributed by atoms with van der Waals surface area (Å²) in [6, 6.07) is 12.5. The number of ether oxygens (including phenoxy) is 2. The molecule has 0 aliphatic rings. The van der Waals surface area contributed by atoms with Gasteiger partial charge in [0.25, 0.3) is 0 Å². The largest absolute Gasteiger partial charge is 0.497 e. The van der Waals surface area contributed by atoms with Gasteiger partial charge in [0, 0.05) is 11.8 Å². The van der Waals surface area contributed by atoms with Crippen LogP contribution < -0.4 is 19.1 Å². The van der Waals surface area contributed by atoms with Crippen LogP contribution >= 0.6 is 0 Å². The zero-order chi connectivity index (χ0) is 20.9. The first-order valence-corrected chi connectivity index (χ1v) is 10.7. The topological polar surface area (TPSA) is 84.9 Å². The number of hydrogen-bond donors (Lipinski definition) is 1. The van der Waals surface area contributed by atoms with Crippen LogP contribution in [0.25, 0.3) is 0 Å². The minimum atomic E-state index is -3.70. The molecule has 2 rings (SSSR count). The number of benzene rings is 2. The zero-order valence-corrected chi connectivity index (χ0v) is 17.5. The molecule has 0 aromatic heterocycles. The van der Waals surface area contributed by atoms with Crippen molar-refractivity contribution in [3.8, 4) is 11.5 Å². The van der Waals surface area contributed by atoms with Crippen molar-refractivity contribution in [2.75, 3.05) is 23.0 Å². The highest BCUT2D eigenvalue weighted by Crippen LogP contribution is 2.26. The van der Waals surface area contributed by atoms with Crippen LogP contribution in [0.3, 0.4) is 0 Å². The van der Waals surface area contributed by atoms with Crippen molar-refractivity contribution in [2.45, 2.75) is 32.9 Å². The van der Waals surface area contributed by atoms with Crippen LogP contribution in [0.4, 0.5) is 11.4 Å². The summed E-state index contributed by atoms with van der Waals surface area (Å²) in [6.07, 6.45) is 1.11. The van der Waals surface area contributed by atoms with E-state index in [1.54, 1.807) is 48.5 Å². The maximum absolute atomic E-state index is 12.7. The number of carbonyl (C=O) groups excluding carboxylic acids is 1. The van der Waals surface area contributed by atoms with Crippen LogP contribution in [0, 0.1) is 0 Å². The Morgan fingerprint density at radius 3 is 2.21 bits per heavy atom. The number of amides is 1. The summed E-state index contributed by atoms with van der Waals surface area (Å²) in [5.41, 5.74) is 0.900. The van der Waals surface area contributed by atoms with E-state index in [1.807, 2.05) is 13.8 Å². The molecule has 0 saturated heterocycles. The maximum Gasteiger partial charge on any atom is 0.247 e. The third-order valence-corrected chi connectivity index (χ3v) is 5.13. The maximum atomic E-state index is 12.7. The summed E-state index contributed by atoms with van der Waals surface area (Å²) in [5.74, 6) is 0.737. The molecule has 2 aromatic carbocycles. The Morgan fingerprint density at radius 2 is 1.68 bits per heavy atom. The van der Waals surface area contributed by atoms with Crippen LogP contribution in [0.2, 0.25) is 0 Å². The molecular formula is C20H26N2O5S. The minimum Gasteiger partial charge on any atom is -0.497 e. The molecule has 152 valence electrons. The lowest BCUT2D eigenvalue weighted by Crippen LogP contribution is -2.45. The predicted octanol–water partition coefficient (Wildman–Crippen LogP) is 3.28. The molecular weight excluding hydrogens is 380 g/mol. The van der Waals surface area contributed by atoms with E-state index >= 15 is 0 Å². The van der Waals surface area contributed by atoms with E-state index in [9.17, 15) is 13.2 Å². The highest BCUT2D eigenvalue weighted by atomic mass is 32.2. The molecule has 0 aliphatic carbocycles. The second kappa shape index (κ2) is 8.97. The number of sulfonamides is 1. The van der Waals surface area contributed by atoms with Gasteiger partial charge in [0.2, 0.25) is 15.9 Å². The molecule has 0 fully saturated rings. The van der Waals surface area contributed by atoms with Gasteiger partial charge in [0.05, 0.1) is 25.2 Å². The van der Waals surface area contributed by atoms with Crippen LogP contribution in [-0.4, -0.2) is 39.8 Å². The normalized spacial score (nSPS) is 12.4. The first-order chi connectivity index (χ1) is 13.1. The van der Waals surface area contributed by atoms with Crippen LogP contribution in [-0.2, 0) is 14.8 Å². The summed E-state index contributed by atoms with van der Waals surface area (Å²) < 4.78 is 36.5. The molecule has 1 amide bonds. The predicted molar refractivity (Wildman–Crippen MR) is 111 cm³/mol. The molecule has 0 bridgehead atoms. The highest BCUT2D eigenvalue weighted by molar-refractivity contribution is 7.92. The number of hydrogen-bond acceptors (Lipinski definition) is 5. The summed E-state index contributed by atoms with van der Waals surface area (Å²) in [6.45, 7) is 5.39. The van der Waals surface area contributed by atoms with Gasteiger partial charge in [-0.2, -0.15) is 0 Å². The van der Waals surface area contributed by atoms with Crippen molar-refractivity contribution in [1.29, 1.82) is 0 Å². The summed E-state index contributed by atoms with van der Waals surface area (Å²) in [4.78, 5) is 12.7. The van der Waals surface area contributed by atoms with Gasteiger partial charge < -0.3 is 14.8 Å². The van der Waals surface area contributed by atoms with E-state index in [0.717, 1.165) is 10.6 Å². The molecule has 7 nitrogen and oxygen atoms in total. The smallest absolute Gasteiger partial charge is 0.247 e. The fourth-order valence-corrected chi connectivity index (χ4v) is 3.86. The lowest BCUT2D eigenvalue weighted by molar-refractivity contribution is -0.116. The Bertz CT molecular complexity index is 910. The van der Waals surface area contributed by atoms with E-state index in [0.29, 0.717) is 22.9 Å². The number of rotatable bonds is 8. The molecule has 28 heavy (non-hydrogen) atoms. The second-order valence-corrected chi connectivity index (χ2v) is 8.48. The van der Waals surface area contributed by atoms with Crippen molar-refractivity contribution >= 4 is 27.3 Å². The van der Waals surface area contributed by atoms with Gasteiger partial charge in [-0.05, 0) is 57.2 Å². The summed E-state index contributed by atoms with van der Waals surface area (Å²) in [7, 11) is -2.21.